The van der Waals surface area contributed by atoms with E-state index >= 15 is 0 Å². The van der Waals surface area contributed by atoms with Crippen molar-refractivity contribution in [2.75, 3.05) is 53.4 Å². The number of ether oxygens (including phenoxy) is 1. The summed E-state index contributed by atoms with van der Waals surface area (Å²) in [7, 11) is 3.80. The molecule has 19 heavy (non-hydrogen) atoms. The van der Waals surface area contributed by atoms with E-state index in [0.29, 0.717) is 5.88 Å². The zero-order valence-corrected chi connectivity index (χ0v) is 11.9. The third kappa shape index (κ3) is 4.78. The third-order valence-electron chi connectivity index (χ3n) is 3.47. The fraction of sp³-hybridized carbons (Fsp3) is 0.643. The van der Waals surface area contributed by atoms with Gasteiger partial charge in [0.15, 0.2) is 0 Å². The smallest absolute Gasteiger partial charge is 0.212 e. The van der Waals surface area contributed by atoms with E-state index in [2.05, 4.69) is 33.2 Å². The number of aromatic nitrogens is 1. The molecule has 0 bridgehead atoms. The van der Waals surface area contributed by atoms with Gasteiger partial charge in [-0.2, -0.15) is 0 Å². The van der Waals surface area contributed by atoms with Gasteiger partial charge in [-0.1, -0.05) is 6.07 Å². The lowest BCUT2D eigenvalue weighted by molar-refractivity contribution is 0.202. The Hall–Kier alpha value is -1.17. The van der Waals surface area contributed by atoms with E-state index < -0.39 is 0 Å². The molecule has 1 saturated heterocycles. The summed E-state index contributed by atoms with van der Waals surface area (Å²) in [5.74, 6) is 0.673. The van der Waals surface area contributed by atoms with Crippen molar-refractivity contribution >= 4 is 0 Å². The molecule has 1 aliphatic rings. The van der Waals surface area contributed by atoms with E-state index in [1.165, 1.54) is 5.56 Å². The highest BCUT2D eigenvalue weighted by Gasteiger charge is 2.10. The van der Waals surface area contributed by atoms with Crippen molar-refractivity contribution in [3.05, 3.63) is 23.9 Å². The Balaban J connectivity index is 1.71. The quantitative estimate of drug-likeness (QED) is 0.807. The van der Waals surface area contributed by atoms with Crippen molar-refractivity contribution in [3.63, 3.8) is 0 Å². The normalized spacial score (nSPS) is 16.8. The minimum atomic E-state index is 0.673. The van der Waals surface area contributed by atoms with Crippen molar-refractivity contribution in [2.45, 2.75) is 6.54 Å². The first-order valence-corrected chi connectivity index (χ1v) is 6.88. The third-order valence-corrected chi connectivity index (χ3v) is 3.47. The molecule has 2 heterocycles. The lowest BCUT2D eigenvalue weighted by Gasteiger charge is -2.29. The highest BCUT2D eigenvalue weighted by atomic mass is 16.5. The second kappa shape index (κ2) is 7.43. The Morgan fingerprint density at radius 2 is 2.16 bits per heavy atom. The van der Waals surface area contributed by atoms with Crippen LogP contribution in [-0.2, 0) is 6.54 Å². The number of methoxy groups -OCH3 is 1. The molecule has 1 aromatic heterocycles. The molecular formula is C14H24N4O. The maximum Gasteiger partial charge on any atom is 0.212 e. The van der Waals surface area contributed by atoms with E-state index in [1.54, 1.807) is 7.11 Å². The van der Waals surface area contributed by atoms with Gasteiger partial charge in [0.1, 0.15) is 0 Å². The van der Waals surface area contributed by atoms with Gasteiger partial charge in [0.25, 0.3) is 0 Å². The Labute approximate surface area is 115 Å². The average molecular weight is 264 g/mol. The van der Waals surface area contributed by atoms with Crippen LogP contribution in [0.3, 0.4) is 0 Å². The van der Waals surface area contributed by atoms with Crippen LogP contribution in [0.5, 0.6) is 5.88 Å². The minimum absolute atomic E-state index is 0.673. The molecule has 5 nitrogen and oxygen atoms in total. The van der Waals surface area contributed by atoms with Crippen molar-refractivity contribution in [3.8, 4) is 5.88 Å². The van der Waals surface area contributed by atoms with Gasteiger partial charge in [0, 0.05) is 58.1 Å². The van der Waals surface area contributed by atoms with Gasteiger partial charge in [0.05, 0.1) is 7.11 Å². The van der Waals surface area contributed by atoms with E-state index in [0.717, 1.165) is 45.8 Å². The predicted molar refractivity (Wildman–Crippen MR) is 76.4 cm³/mol. The highest BCUT2D eigenvalue weighted by Crippen LogP contribution is 2.08. The molecule has 1 fully saturated rings. The summed E-state index contributed by atoms with van der Waals surface area (Å²) < 4.78 is 5.06. The van der Waals surface area contributed by atoms with Crippen LogP contribution < -0.4 is 10.1 Å². The molecule has 5 heteroatoms. The van der Waals surface area contributed by atoms with Crippen LogP contribution in [0.15, 0.2) is 18.3 Å². The summed E-state index contributed by atoms with van der Waals surface area (Å²) in [5.41, 5.74) is 1.23. The summed E-state index contributed by atoms with van der Waals surface area (Å²) in [6, 6.07) is 3.99. The standard InChI is InChI=1S/C14H24N4O/c1-17(9-10-18-7-5-15-6-8-18)12-13-3-4-14(19-2)16-11-13/h3-4,11,15H,5-10,12H2,1-2H3. The second-order valence-electron chi connectivity index (χ2n) is 5.04. The van der Waals surface area contributed by atoms with Crippen LogP contribution in [-0.4, -0.2) is 68.2 Å². The molecule has 0 aliphatic carbocycles. The Kier molecular flexibility index (Phi) is 5.57. The molecule has 1 aliphatic heterocycles. The number of nitrogens with zero attached hydrogens (tertiary/aromatic N) is 3. The molecule has 0 aromatic carbocycles. The van der Waals surface area contributed by atoms with Gasteiger partial charge in [-0.25, -0.2) is 4.98 Å². The van der Waals surface area contributed by atoms with Crippen LogP contribution in [0, 0.1) is 0 Å². The first-order chi connectivity index (χ1) is 9.28. The molecule has 0 radical (unpaired) electrons. The number of hydrogen-bond donors (Lipinski definition) is 1. The lowest BCUT2D eigenvalue weighted by Crippen LogP contribution is -2.45. The van der Waals surface area contributed by atoms with Gasteiger partial charge >= 0.3 is 0 Å². The van der Waals surface area contributed by atoms with Crippen molar-refractivity contribution in [1.82, 2.24) is 20.1 Å². The first-order valence-electron chi connectivity index (χ1n) is 6.88. The lowest BCUT2D eigenvalue weighted by atomic mass is 10.2. The summed E-state index contributed by atoms with van der Waals surface area (Å²) in [6.45, 7) is 7.73. The Morgan fingerprint density at radius 1 is 1.37 bits per heavy atom. The molecule has 0 saturated carbocycles. The van der Waals surface area contributed by atoms with E-state index in [4.69, 9.17) is 4.74 Å². The van der Waals surface area contributed by atoms with E-state index in [1.807, 2.05) is 12.3 Å². The van der Waals surface area contributed by atoms with Gasteiger partial charge in [-0.3, -0.25) is 4.90 Å². The van der Waals surface area contributed by atoms with Gasteiger partial charge in [-0.15, -0.1) is 0 Å². The summed E-state index contributed by atoms with van der Waals surface area (Å²) in [5, 5.41) is 3.38. The second-order valence-corrected chi connectivity index (χ2v) is 5.04. The minimum Gasteiger partial charge on any atom is -0.481 e. The molecule has 106 valence electrons. The number of nitrogens with one attached hydrogen (secondary N) is 1. The van der Waals surface area contributed by atoms with Crippen LogP contribution >= 0.6 is 0 Å². The average Bonchev–Trinajstić information content (AvgIpc) is 2.47. The fourth-order valence-corrected chi connectivity index (χ4v) is 2.26. The molecule has 2 rings (SSSR count). The Bertz CT molecular complexity index is 362. The van der Waals surface area contributed by atoms with E-state index in [9.17, 15) is 0 Å². The fourth-order valence-electron chi connectivity index (χ4n) is 2.26. The highest BCUT2D eigenvalue weighted by molar-refractivity contribution is 5.17. The zero-order valence-electron chi connectivity index (χ0n) is 11.9. The number of rotatable bonds is 6. The van der Waals surface area contributed by atoms with Crippen LogP contribution in [0.4, 0.5) is 0 Å². The van der Waals surface area contributed by atoms with Gasteiger partial charge in [0.2, 0.25) is 5.88 Å². The molecule has 0 atom stereocenters. The largest absolute Gasteiger partial charge is 0.481 e. The number of hydrogen-bond acceptors (Lipinski definition) is 5. The van der Waals surface area contributed by atoms with Crippen molar-refractivity contribution in [1.29, 1.82) is 0 Å². The molecule has 1 N–H and O–H groups in total. The van der Waals surface area contributed by atoms with Crippen LogP contribution in [0.2, 0.25) is 0 Å². The molecule has 0 amide bonds. The van der Waals surface area contributed by atoms with Crippen molar-refractivity contribution in [2.24, 2.45) is 0 Å². The van der Waals surface area contributed by atoms with Gasteiger partial charge in [-0.05, 0) is 12.6 Å². The van der Waals surface area contributed by atoms with Crippen molar-refractivity contribution < 1.29 is 4.74 Å². The molecule has 0 spiro atoms. The first kappa shape index (κ1) is 14.2. The van der Waals surface area contributed by atoms with Crippen LogP contribution in [0.1, 0.15) is 5.56 Å². The Morgan fingerprint density at radius 3 is 2.79 bits per heavy atom. The number of piperazine rings is 1. The summed E-state index contributed by atoms with van der Waals surface area (Å²) in [6.07, 6.45) is 1.89. The topological polar surface area (TPSA) is 40.6 Å². The zero-order chi connectivity index (χ0) is 13.5. The van der Waals surface area contributed by atoms with Gasteiger partial charge < -0.3 is 15.0 Å². The maximum atomic E-state index is 5.06. The predicted octanol–water partition coefficient (Wildman–Crippen LogP) is 0.427. The van der Waals surface area contributed by atoms with Crippen LogP contribution in [0.25, 0.3) is 0 Å². The molecule has 0 unspecified atom stereocenters. The molecular weight excluding hydrogens is 240 g/mol. The van der Waals surface area contributed by atoms with E-state index in [-0.39, 0.29) is 0 Å². The maximum absolute atomic E-state index is 5.06. The number of likely N-dealkylation sites (N-methyl/N-ethyl adjacent to an activating group) is 1. The molecule has 1 aromatic rings. The summed E-state index contributed by atoms with van der Waals surface area (Å²) in [4.78, 5) is 9.08. The summed E-state index contributed by atoms with van der Waals surface area (Å²) >= 11 is 0. The SMILES string of the molecule is COc1ccc(CN(C)CCN2CCNCC2)cn1. The monoisotopic (exact) mass is 264 g/mol. The number of pyridine rings is 1.